The monoisotopic (exact) mass is 299 g/mol. The molecular formula is C13H18BrNO2. The highest BCUT2D eigenvalue weighted by molar-refractivity contribution is 9.10. The highest BCUT2D eigenvalue weighted by Crippen LogP contribution is 2.40. The van der Waals surface area contributed by atoms with Gasteiger partial charge >= 0.3 is 0 Å². The molecule has 1 aromatic rings. The SMILES string of the molecule is COc1ccc(NCC2(CO)CCC2)cc1Br. The molecule has 0 atom stereocenters. The summed E-state index contributed by atoms with van der Waals surface area (Å²) in [6, 6.07) is 5.93. The number of anilines is 1. The largest absolute Gasteiger partial charge is 0.496 e. The van der Waals surface area contributed by atoms with Crippen LogP contribution in [0.5, 0.6) is 5.75 Å². The molecule has 0 spiro atoms. The van der Waals surface area contributed by atoms with Crippen LogP contribution < -0.4 is 10.1 Å². The molecule has 17 heavy (non-hydrogen) atoms. The fraction of sp³-hybridized carbons (Fsp3) is 0.538. The number of rotatable bonds is 5. The predicted octanol–water partition coefficient (Wildman–Crippen LogP) is 3.03. The maximum Gasteiger partial charge on any atom is 0.133 e. The molecule has 0 saturated heterocycles. The van der Waals surface area contributed by atoms with Crippen LogP contribution in [-0.2, 0) is 0 Å². The van der Waals surface area contributed by atoms with Gasteiger partial charge in [-0.25, -0.2) is 0 Å². The van der Waals surface area contributed by atoms with Crippen molar-refractivity contribution in [2.45, 2.75) is 19.3 Å². The molecule has 1 aliphatic carbocycles. The summed E-state index contributed by atoms with van der Waals surface area (Å²) < 4.78 is 6.13. The first-order valence-electron chi connectivity index (χ1n) is 5.87. The minimum atomic E-state index is 0.104. The lowest BCUT2D eigenvalue weighted by molar-refractivity contribution is 0.0576. The van der Waals surface area contributed by atoms with Gasteiger partial charge in [-0.15, -0.1) is 0 Å². The fourth-order valence-corrected chi connectivity index (χ4v) is 2.67. The molecule has 1 fully saturated rings. The molecule has 0 bridgehead atoms. The van der Waals surface area contributed by atoms with E-state index < -0.39 is 0 Å². The molecule has 2 rings (SSSR count). The smallest absolute Gasteiger partial charge is 0.133 e. The number of nitrogens with one attached hydrogen (secondary N) is 1. The van der Waals surface area contributed by atoms with Gasteiger partial charge in [-0.2, -0.15) is 0 Å². The number of hydrogen-bond donors (Lipinski definition) is 2. The summed E-state index contributed by atoms with van der Waals surface area (Å²) in [6.45, 7) is 1.11. The average molecular weight is 300 g/mol. The van der Waals surface area contributed by atoms with Crippen molar-refractivity contribution in [2.75, 3.05) is 25.6 Å². The number of ether oxygens (including phenoxy) is 1. The summed E-state index contributed by atoms with van der Waals surface area (Å²) in [6.07, 6.45) is 3.47. The number of halogens is 1. The molecule has 94 valence electrons. The minimum Gasteiger partial charge on any atom is -0.496 e. The maximum absolute atomic E-state index is 9.38. The third-order valence-corrected chi connectivity index (χ3v) is 4.19. The molecule has 0 unspecified atom stereocenters. The van der Waals surface area contributed by atoms with Crippen molar-refractivity contribution >= 4 is 21.6 Å². The summed E-state index contributed by atoms with van der Waals surface area (Å²) in [4.78, 5) is 0. The first-order chi connectivity index (χ1) is 8.19. The van der Waals surface area contributed by atoms with Crippen molar-refractivity contribution in [3.05, 3.63) is 22.7 Å². The summed E-state index contributed by atoms with van der Waals surface area (Å²) in [5, 5.41) is 12.8. The summed E-state index contributed by atoms with van der Waals surface area (Å²) in [5.74, 6) is 0.830. The van der Waals surface area contributed by atoms with E-state index in [2.05, 4.69) is 21.2 Å². The normalized spacial score (nSPS) is 17.4. The van der Waals surface area contributed by atoms with Gasteiger partial charge in [-0.1, -0.05) is 6.42 Å². The Morgan fingerprint density at radius 2 is 2.24 bits per heavy atom. The third-order valence-electron chi connectivity index (χ3n) is 3.57. The zero-order valence-electron chi connectivity index (χ0n) is 10.0. The van der Waals surface area contributed by atoms with Gasteiger partial charge in [-0.3, -0.25) is 0 Å². The van der Waals surface area contributed by atoms with E-state index in [1.807, 2.05) is 18.2 Å². The molecule has 0 heterocycles. The van der Waals surface area contributed by atoms with Gasteiger partial charge in [0, 0.05) is 17.6 Å². The van der Waals surface area contributed by atoms with Crippen LogP contribution in [0.2, 0.25) is 0 Å². The standard InChI is InChI=1S/C13H18BrNO2/c1-17-12-4-3-10(7-11(12)14)15-8-13(9-16)5-2-6-13/h3-4,7,15-16H,2,5-6,8-9H2,1H3. The van der Waals surface area contributed by atoms with E-state index in [0.717, 1.165) is 35.3 Å². The van der Waals surface area contributed by atoms with Crippen molar-refractivity contribution < 1.29 is 9.84 Å². The van der Waals surface area contributed by atoms with Crippen molar-refractivity contribution in [1.82, 2.24) is 0 Å². The quantitative estimate of drug-likeness (QED) is 0.878. The van der Waals surface area contributed by atoms with E-state index in [0.29, 0.717) is 0 Å². The van der Waals surface area contributed by atoms with Crippen LogP contribution in [-0.4, -0.2) is 25.4 Å². The van der Waals surface area contributed by atoms with E-state index in [4.69, 9.17) is 4.74 Å². The fourth-order valence-electron chi connectivity index (χ4n) is 2.13. The highest BCUT2D eigenvalue weighted by Gasteiger charge is 2.35. The van der Waals surface area contributed by atoms with Crippen LogP contribution in [0.25, 0.3) is 0 Å². The average Bonchev–Trinajstić information content (AvgIpc) is 2.28. The Bertz CT molecular complexity index is 385. The van der Waals surface area contributed by atoms with Gasteiger partial charge in [0.1, 0.15) is 5.75 Å². The van der Waals surface area contributed by atoms with E-state index in [-0.39, 0.29) is 12.0 Å². The summed E-state index contributed by atoms with van der Waals surface area (Å²) in [5.41, 5.74) is 1.16. The molecule has 0 aliphatic heterocycles. The van der Waals surface area contributed by atoms with E-state index in [9.17, 15) is 5.11 Å². The molecular weight excluding hydrogens is 282 g/mol. The Labute approximate surface area is 110 Å². The lowest BCUT2D eigenvalue weighted by atomic mass is 9.69. The molecule has 4 heteroatoms. The molecule has 1 aliphatic rings. The Morgan fingerprint density at radius 1 is 1.47 bits per heavy atom. The lowest BCUT2D eigenvalue weighted by Crippen LogP contribution is -2.39. The van der Waals surface area contributed by atoms with Crippen molar-refractivity contribution in [2.24, 2.45) is 5.41 Å². The van der Waals surface area contributed by atoms with Gasteiger partial charge in [0.05, 0.1) is 18.2 Å². The minimum absolute atomic E-state index is 0.104. The Balaban J connectivity index is 1.97. The topological polar surface area (TPSA) is 41.5 Å². The van der Waals surface area contributed by atoms with Crippen LogP contribution in [0.15, 0.2) is 22.7 Å². The second-order valence-corrected chi connectivity index (χ2v) is 5.57. The predicted molar refractivity (Wildman–Crippen MR) is 72.6 cm³/mol. The Hall–Kier alpha value is -0.740. The number of aliphatic hydroxyl groups excluding tert-OH is 1. The zero-order chi connectivity index (χ0) is 12.3. The molecule has 3 nitrogen and oxygen atoms in total. The molecule has 1 aromatic carbocycles. The maximum atomic E-state index is 9.38. The highest BCUT2D eigenvalue weighted by atomic mass is 79.9. The van der Waals surface area contributed by atoms with Gasteiger partial charge in [0.2, 0.25) is 0 Å². The molecule has 0 aromatic heterocycles. The number of methoxy groups -OCH3 is 1. The van der Waals surface area contributed by atoms with E-state index >= 15 is 0 Å². The van der Waals surface area contributed by atoms with Gasteiger partial charge < -0.3 is 15.2 Å². The van der Waals surface area contributed by atoms with E-state index in [1.54, 1.807) is 7.11 Å². The first kappa shape index (κ1) is 12.7. The first-order valence-corrected chi connectivity index (χ1v) is 6.67. The molecule has 0 radical (unpaired) electrons. The summed E-state index contributed by atoms with van der Waals surface area (Å²) in [7, 11) is 1.66. The van der Waals surface area contributed by atoms with E-state index in [1.165, 1.54) is 6.42 Å². The van der Waals surface area contributed by atoms with Crippen LogP contribution in [0.1, 0.15) is 19.3 Å². The van der Waals surface area contributed by atoms with Gasteiger partial charge in [0.15, 0.2) is 0 Å². The Morgan fingerprint density at radius 3 is 2.71 bits per heavy atom. The molecule has 0 amide bonds. The Kier molecular flexibility index (Phi) is 3.94. The number of hydrogen-bond acceptors (Lipinski definition) is 3. The summed E-state index contributed by atoms with van der Waals surface area (Å²) >= 11 is 3.46. The van der Waals surface area contributed by atoms with Crippen molar-refractivity contribution in [3.8, 4) is 5.75 Å². The van der Waals surface area contributed by atoms with Crippen LogP contribution >= 0.6 is 15.9 Å². The van der Waals surface area contributed by atoms with Crippen LogP contribution in [0.3, 0.4) is 0 Å². The molecule has 1 saturated carbocycles. The number of aliphatic hydroxyl groups is 1. The number of benzene rings is 1. The van der Waals surface area contributed by atoms with Crippen LogP contribution in [0.4, 0.5) is 5.69 Å². The van der Waals surface area contributed by atoms with Gasteiger partial charge in [0.25, 0.3) is 0 Å². The zero-order valence-corrected chi connectivity index (χ0v) is 11.6. The van der Waals surface area contributed by atoms with Gasteiger partial charge in [-0.05, 0) is 47.0 Å². The second-order valence-electron chi connectivity index (χ2n) is 4.71. The molecule has 2 N–H and O–H groups in total. The lowest BCUT2D eigenvalue weighted by Gasteiger charge is -2.40. The van der Waals surface area contributed by atoms with Crippen LogP contribution in [0, 0.1) is 5.41 Å². The van der Waals surface area contributed by atoms with Crippen molar-refractivity contribution in [3.63, 3.8) is 0 Å². The second kappa shape index (κ2) is 5.27. The third kappa shape index (κ3) is 2.75. The van der Waals surface area contributed by atoms with Crippen molar-refractivity contribution in [1.29, 1.82) is 0 Å².